The van der Waals surface area contributed by atoms with Crippen molar-refractivity contribution in [1.29, 1.82) is 0 Å². The number of nitrogens with one attached hydrogen (secondary N) is 1. The molecule has 1 amide bonds. The van der Waals surface area contributed by atoms with Crippen molar-refractivity contribution in [2.45, 2.75) is 26.4 Å². The summed E-state index contributed by atoms with van der Waals surface area (Å²) in [5.74, 6) is 1.58. The van der Waals surface area contributed by atoms with Crippen LogP contribution in [0.1, 0.15) is 20.8 Å². The molecule has 0 aliphatic carbocycles. The molecule has 0 bridgehead atoms. The Morgan fingerprint density at radius 1 is 1.09 bits per heavy atom. The van der Waals surface area contributed by atoms with Gasteiger partial charge in [0.1, 0.15) is 23.3 Å². The molecule has 1 aliphatic rings. The van der Waals surface area contributed by atoms with Crippen molar-refractivity contribution in [1.82, 2.24) is 34.7 Å². The Hall–Kier alpha value is -3.21. The number of likely N-dealkylation sites (N-methyl/N-ethyl adjacent to an activating group) is 2. The molecule has 4 rings (SSSR count). The Morgan fingerprint density at radius 3 is 2.48 bits per heavy atom. The normalized spacial score (nSPS) is 15.0. The van der Waals surface area contributed by atoms with Crippen LogP contribution in [0, 0.1) is 0 Å². The minimum absolute atomic E-state index is 0.277. The molecular formula is C22H33N9O2. The quantitative estimate of drug-likeness (QED) is 0.618. The lowest BCUT2D eigenvalue weighted by Crippen LogP contribution is -2.50. The van der Waals surface area contributed by atoms with Crippen molar-refractivity contribution >= 4 is 39.9 Å². The minimum atomic E-state index is -0.509. The van der Waals surface area contributed by atoms with E-state index in [4.69, 9.17) is 9.72 Å². The molecular weight excluding hydrogens is 422 g/mol. The number of hydrogen-bond acceptors (Lipinski definition) is 9. The van der Waals surface area contributed by atoms with Crippen LogP contribution in [0.15, 0.2) is 12.5 Å². The SMILES string of the molecule is CN(C)CCN(C)c1nc(N2CCN(C(=O)OC(C)(C)C)CC2)c2cnc3ncnc3c2[nH]1. The van der Waals surface area contributed by atoms with Gasteiger partial charge < -0.3 is 29.3 Å². The standard InChI is InChI=1S/C22H33N9O2/c1-22(2,3)33-21(32)31-11-9-30(10-12-31)19-15-13-23-18-17(24-14-25-18)16(15)26-20(27-19)29(6)8-7-28(4)5/h13-14H,7-12H2,1-6H3,(H,26,27). The van der Waals surface area contributed by atoms with Gasteiger partial charge in [0.25, 0.3) is 0 Å². The van der Waals surface area contributed by atoms with E-state index in [1.807, 2.05) is 27.8 Å². The fraction of sp³-hybridized carbons (Fsp3) is 0.591. The minimum Gasteiger partial charge on any atom is -0.444 e. The molecule has 11 nitrogen and oxygen atoms in total. The summed E-state index contributed by atoms with van der Waals surface area (Å²) in [4.78, 5) is 42.3. The number of ether oxygens (including phenoxy) is 1. The zero-order valence-corrected chi connectivity index (χ0v) is 20.3. The van der Waals surface area contributed by atoms with Gasteiger partial charge in [-0.15, -0.1) is 0 Å². The van der Waals surface area contributed by atoms with Gasteiger partial charge in [-0.1, -0.05) is 0 Å². The molecule has 0 radical (unpaired) electrons. The fourth-order valence-corrected chi connectivity index (χ4v) is 3.75. The van der Waals surface area contributed by atoms with Gasteiger partial charge in [-0.05, 0) is 34.9 Å². The smallest absolute Gasteiger partial charge is 0.410 e. The van der Waals surface area contributed by atoms with Crippen LogP contribution in [-0.2, 0) is 4.74 Å². The van der Waals surface area contributed by atoms with E-state index in [-0.39, 0.29) is 6.09 Å². The van der Waals surface area contributed by atoms with Crippen LogP contribution in [0.2, 0.25) is 0 Å². The second-order valence-electron chi connectivity index (χ2n) is 9.66. The third-order valence-electron chi connectivity index (χ3n) is 5.57. The Morgan fingerprint density at radius 2 is 1.82 bits per heavy atom. The lowest BCUT2D eigenvalue weighted by molar-refractivity contribution is 0.0240. The van der Waals surface area contributed by atoms with Crippen LogP contribution < -0.4 is 9.80 Å². The Bertz CT molecular complexity index is 1130. The number of nitrogens with zero attached hydrogens (tertiary/aromatic N) is 8. The molecule has 0 atom stereocenters. The first-order chi connectivity index (χ1) is 15.6. The zero-order chi connectivity index (χ0) is 23.8. The lowest BCUT2D eigenvalue weighted by atomic mass is 10.2. The highest BCUT2D eigenvalue weighted by atomic mass is 16.6. The van der Waals surface area contributed by atoms with E-state index in [1.165, 1.54) is 6.33 Å². The number of amides is 1. The van der Waals surface area contributed by atoms with Gasteiger partial charge in [0.2, 0.25) is 5.95 Å². The predicted octanol–water partition coefficient (Wildman–Crippen LogP) is 1.96. The van der Waals surface area contributed by atoms with Gasteiger partial charge in [-0.25, -0.2) is 19.7 Å². The Kier molecular flexibility index (Phi) is 6.24. The van der Waals surface area contributed by atoms with Crippen LogP contribution in [-0.4, -0.2) is 107 Å². The van der Waals surface area contributed by atoms with Crippen molar-refractivity contribution in [2.75, 3.05) is 70.2 Å². The van der Waals surface area contributed by atoms with Gasteiger partial charge in [0.05, 0.1) is 10.9 Å². The number of carbonyl (C=O) groups is 1. The third kappa shape index (κ3) is 5.08. The number of rotatable bonds is 5. The Balaban J connectivity index is 1.64. The Labute approximate surface area is 193 Å². The van der Waals surface area contributed by atoms with Gasteiger partial charge in [0.15, 0.2) is 5.65 Å². The van der Waals surface area contributed by atoms with E-state index in [2.05, 4.69) is 48.7 Å². The predicted molar refractivity (Wildman–Crippen MR) is 129 cm³/mol. The first kappa shape index (κ1) is 23.0. The molecule has 1 N–H and O–H groups in total. The summed E-state index contributed by atoms with van der Waals surface area (Å²) in [6, 6.07) is 0. The van der Waals surface area contributed by atoms with Gasteiger partial charge in [-0.3, -0.25) is 0 Å². The highest BCUT2D eigenvalue weighted by Crippen LogP contribution is 2.30. The molecule has 4 heterocycles. The fourth-order valence-electron chi connectivity index (χ4n) is 3.75. The number of pyridine rings is 1. The summed E-state index contributed by atoms with van der Waals surface area (Å²) in [6.45, 7) is 9.78. The second kappa shape index (κ2) is 8.97. The van der Waals surface area contributed by atoms with E-state index in [9.17, 15) is 4.79 Å². The zero-order valence-electron chi connectivity index (χ0n) is 20.3. The first-order valence-electron chi connectivity index (χ1n) is 11.2. The van der Waals surface area contributed by atoms with Gasteiger partial charge in [-0.2, -0.15) is 4.98 Å². The number of H-pyrrole nitrogens is 1. The third-order valence-corrected chi connectivity index (χ3v) is 5.57. The number of aromatic amines is 1. The average molecular weight is 456 g/mol. The number of fused-ring (bicyclic) bond motifs is 3. The second-order valence-corrected chi connectivity index (χ2v) is 9.66. The summed E-state index contributed by atoms with van der Waals surface area (Å²) in [7, 11) is 6.12. The van der Waals surface area contributed by atoms with Gasteiger partial charge >= 0.3 is 6.09 Å². The van der Waals surface area contributed by atoms with Gasteiger partial charge in [0, 0.05) is 52.5 Å². The summed E-state index contributed by atoms with van der Waals surface area (Å²) < 4.78 is 5.54. The molecule has 0 spiro atoms. The number of hydrogen-bond donors (Lipinski definition) is 1. The van der Waals surface area contributed by atoms with Crippen molar-refractivity contribution in [3.8, 4) is 0 Å². The largest absolute Gasteiger partial charge is 0.444 e. The van der Waals surface area contributed by atoms with E-state index < -0.39 is 5.60 Å². The summed E-state index contributed by atoms with van der Waals surface area (Å²) >= 11 is 0. The summed E-state index contributed by atoms with van der Waals surface area (Å²) in [5.41, 5.74) is 1.69. The van der Waals surface area contributed by atoms with E-state index >= 15 is 0 Å². The molecule has 1 fully saturated rings. The highest BCUT2D eigenvalue weighted by molar-refractivity contribution is 6.04. The van der Waals surface area contributed by atoms with Crippen LogP contribution in [0.4, 0.5) is 16.6 Å². The number of anilines is 2. The van der Waals surface area contributed by atoms with E-state index in [0.29, 0.717) is 31.8 Å². The molecule has 0 aromatic carbocycles. The number of piperazine rings is 1. The molecule has 0 saturated carbocycles. The van der Waals surface area contributed by atoms with Crippen molar-refractivity contribution in [3.05, 3.63) is 12.5 Å². The molecule has 0 unspecified atom stereocenters. The van der Waals surface area contributed by atoms with Crippen molar-refractivity contribution < 1.29 is 9.53 Å². The summed E-state index contributed by atoms with van der Waals surface area (Å²) in [6.07, 6.45) is 3.05. The molecule has 178 valence electrons. The maximum atomic E-state index is 12.5. The molecule has 3 aromatic heterocycles. The van der Waals surface area contributed by atoms with Crippen LogP contribution in [0.5, 0.6) is 0 Å². The van der Waals surface area contributed by atoms with Crippen molar-refractivity contribution in [2.24, 2.45) is 0 Å². The van der Waals surface area contributed by atoms with E-state index in [1.54, 1.807) is 11.1 Å². The topological polar surface area (TPSA) is 107 Å². The highest BCUT2D eigenvalue weighted by Gasteiger charge is 2.28. The molecule has 3 aromatic rings. The maximum absolute atomic E-state index is 12.5. The average Bonchev–Trinajstić information content (AvgIpc) is 3.25. The van der Waals surface area contributed by atoms with Crippen molar-refractivity contribution in [3.63, 3.8) is 0 Å². The van der Waals surface area contributed by atoms with Crippen LogP contribution in [0.3, 0.4) is 0 Å². The molecule has 1 saturated heterocycles. The van der Waals surface area contributed by atoms with E-state index in [0.717, 1.165) is 41.3 Å². The van der Waals surface area contributed by atoms with Crippen LogP contribution >= 0.6 is 0 Å². The molecule has 1 aliphatic heterocycles. The maximum Gasteiger partial charge on any atom is 0.410 e. The number of aromatic nitrogens is 5. The first-order valence-corrected chi connectivity index (χ1v) is 11.2. The van der Waals surface area contributed by atoms with Crippen LogP contribution in [0.25, 0.3) is 22.1 Å². The summed E-state index contributed by atoms with van der Waals surface area (Å²) in [5, 5.41) is 0.887. The monoisotopic (exact) mass is 455 g/mol. The molecule has 11 heteroatoms. The number of imidazole rings is 1. The number of carbonyl (C=O) groups excluding carboxylic acids is 1. The lowest BCUT2D eigenvalue weighted by Gasteiger charge is -2.36. The molecule has 33 heavy (non-hydrogen) atoms.